The van der Waals surface area contributed by atoms with Gasteiger partial charge in [-0.1, -0.05) is 6.07 Å². The molecule has 3 aromatic rings. The van der Waals surface area contributed by atoms with E-state index >= 15 is 0 Å². The highest BCUT2D eigenvalue weighted by Gasteiger charge is 2.30. The van der Waals surface area contributed by atoms with Crippen LogP contribution in [0.1, 0.15) is 21.5 Å². The van der Waals surface area contributed by atoms with E-state index in [1.165, 1.54) is 55.7 Å². The lowest BCUT2D eigenvalue weighted by molar-refractivity contribution is -0.137. The third-order valence-corrected chi connectivity index (χ3v) is 5.65. The summed E-state index contributed by atoms with van der Waals surface area (Å²) < 4.78 is 66.0. The highest BCUT2D eigenvalue weighted by atomic mass is 32.2. The number of benzene rings is 2. The van der Waals surface area contributed by atoms with E-state index in [0.29, 0.717) is 16.8 Å². The first kappa shape index (κ1) is 21.3. The fourth-order valence-corrected chi connectivity index (χ4v) is 3.98. The number of pyridine rings is 1. The number of hydrogen-bond donors (Lipinski definition) is 2. The van der Waals surface area contributed by atoms with Crippen molar-refractivity contribution in [2.24, 2.45) is 0 Å². The fourth-order valence-electron chi connectivity index (χ4n) is 2.70. The van der Waals surface area contributed by atoms with Crippen LogP contribution < -0.4 is 10.0 Å². The normalized spacial score (nSPS) is 11.7. The van der Waals surface area contributed by atoms with Crippen LogP contribution in [-0.4, -0.2) is 19.3 Å². The molecule has 2 aromatic carbocycles. The lowest BCUT2D eigenvalue weighted by atomic mass is 10.2. The van der Waals surface area contributed by atoms with Gasteiger partial charge in [-0.2, -0.15) is 13.2 Å². The molecule has 10 heteroatoms. The van der Waals surface area contributed by atoms with Gasteiger partial charge in [0.2, 0.25) is 0 Å². The van der Waals surface area contributed by atoms with Gasteiger partial charge in [0.15, 0.2) is 0 Å². The maximum Gasteiger partial charge on any atom is 0.416 e. The molecule has 30 heavy (non-hydrogen) atoms. The van der Waals surface area contributed by atoms with Crippen LogP contribution in [0.5, 0.6) is 0 Å². The fraction of sp³-hybridized carbons (Fsp3) is 0.100. The molecular formula is C20H16F3N3O3S. The summed E-state index contributed by atoms with van der Waals surface area (Å²) in [5.74, 6) is -0.394. The second-order valence-electron chi connectivity index (χ2n) is 6.35. The van der Waals surface area contributed by atoms with Crippen LogP contribution in [0.25, 0.3) is 0 Å². The van der Waals surface area contributed by atoms with Gasteiger partial charge in [0.25, 0.3) is 15.9 Å². The first-order valence-corrected chi connectivity index (χ1v) is 10.1. The van der Waals surface area contributed by atoms with E-state index in [9.17, 15) is 26.4 Å². The number of hydrogen-bond acceptors (Lipinski definition) is 4. The highest BCUT2D eigenvalue weighted by molar-refractivity contribution is 7.92. The Kier molecular flexibility index (Phi) is 5.79. The minimum Gasteiger partial charge on any atom is -0.322 e. The van der Waals surface area contributed by atoms with Crippen LogP contribution in [0, 0.1) is 6.92 Å². The van der Waals surface area contributed by atoms with Crippen molar-refractivity contribution in [1.82, 2.24) is 4.98 Å². The summed E-state index contributed by atoms with van der Waals surface area (Å²) >= 11 is 0. The second-order valence-corrected chi connectivity index (χ2v) is 8.01. The summed E-state index contributed by atoms with van der Waals surface area (Å²) in [4.78, 5) is 15.9. The number of halogens is 3. The van der Waals surface area contributed by atoms with E-state index in [-0.39, 0.29) is 10.6 Å². The van der Waals surface area contributed by atoms with E-state index < -0.39 is 27.7 Å². The number of aryl methyl sites for hydroxylation is 1. The predicted molar refractivity (Wildman–Crippen MR) is 106 cm³/mol. The Morgan fingerprint density at radius 3 is 2.30 bits per heavy atom. The van der Waals surface area contributed by atoms with E-state index in [1.54, 1.807) is 0 Å². The maximum absolute atomic E-state index is 12.8. The Bertz CT molecular complexity index is 1180. The molecule has 0 radical (unpaired) electrons. The smallest absolute Gasteiger partial charge is 0.322 e. The standard InChI is InChI=1S/C20H16F3N3O3S/c1-13-11-16(25-19(27)14-7-9-24-10-8-14)5-6-18(13)30(28,29)26-17-4-2-3-15(12-17)20(21,22)23/h2-12,26H,1H3,(H,25,27). The molecule has 1 amide bonds. The van der Waals surface area contributed by atoms with Gasteiger partial charge >= 0.3 is 6.18 Å². The number of nitrogens with zero attached hydrogens (tertiary/aromatic N) is 1. The Labute approximate surface area is 170 Å². The molecular weight excluding hydrogens is 419 g/mol. The third kappa shape index (κ3) is 4.95. The molecule has 0 bridgehead atoms. The van der Waals surface area contributed by atoms with Crippen molar-refractivity contribution >= 4 is 27.3 Å². The summed E-state index contributed by atoms with van der Waals surface area (Å²) in [7, 11) is -4.14. The topological polar surface area (TPSA) is 88.2 Å². The molecule has 156 valence electrons. The number of aromatic nitrogens is 1. The summed E-state index contributed by atoms with van der Waals surface area (Å²) in [5, 5.41) is 2.64. The largest absolute Gasteiger partial charge is 0.416 e. The Morgan fingerprint density at radius 1 is 0.967 bits per heavy atom. The van der Waals surface area contributed by atoms with Crippen molar-refractivity contribution in [1.29, 1.82) is 0 Å². The molecule has 0 saturated heterocycles. The van der Waals surface area contributed by atoms with Crippen molar-refractivity contribution in [3.63, 3.8) is 0 Å². The van der Waals surface area contributed by atoms with Crippen LogP contribution in [0.2, 0.25) is 0 Å². The van der Waals surface area contributed by atoms with E-state index in [4.69, 9.17) is 0 Å². The van der Waals surface area contributed by atoms with Gasteiger partial charge in [0.1, 0.15) is 0 Å². The Hall–Kier alpha value is -3.40. The minimum absolute atomic E-state index is 0.123. The zero-order valence-electron chi connectivity index (χ0n) is 15.6. The molecule has 0 atom stereocenters. The van der Waals surface area contributed by atoms with Crippen LogP contribution in [0.3, 0.4) is 0 Å². The monoisotopic (exact) mass is 435 g/mol. The zero-order chi connectivity index (χ0) is 21.9. The molecule has 2 N–H and O–H groups in total. The molecule has 3 rings (SSSR count). The molecule has 0 fully saturated rings. The molecule has 6 nitrogen and oxygen atoms in total. The summed E-state index contributed by atoms with van der Waals surface area (Å²) in [6, 6.07) is 11.1. The van der Waals surface area contributed by atoms with Crippen LogP contribution in [0.15, 0.2) is 71.9 Å². The average Bonchev–Trinajstić information content (AvgIpc) is 2.67. The zero-order valence-corrected chi connectivity index (χ0v) is 16.4. The van der Waals surface area contributed by atoms with E-state index in [2.05, 4.69) is 15.0 Å². The Balaban J connectivity index is 1.81. The lowest BCUT2D eigenvalue weighted by Gasteiger charge is -2.14. The third-order valence-electron chi connectivity index (χ3n) is 4.11. The molecule has 0 unspecified atom stereocenters. The van der Waals surface area contributed by atoms with Crippen molar-refractivity contribution < 1.29 is 26.4 Å². The molecule has 0 aliphatic carbocycles. The summed E-state index contributed by atoms with van der Waals surface area (Å²) in [6.07, 6.45) is -1.66. The van der Waals surface area contributed by atoms with Crippen LogP contribution in [-0.2, 0) is 16.2 Å². The first-order valence-electron chi connectivity index (χ1n) is 8.58. The summed E-state index contributed by atoms with van der Waals surface area (Å²) in [5.41, 5.74) is -0.118. The van der Waals surface area contributed by atoms with Crippen LogP contribution >= 0.6 is 0 Å². The van der Waals surface area contributed by atoms with Crippen LogP contribution in [0.4, 0.5) is 24.5 Å². The predicted octanol–water partition coefficient (Wildman–Crippen LogP) is 4.46. The number of amides is 1. The molecule has 0 spiro atoms. The number of rotatable bonds is 5. The quantitative estimate of drug-likeness (QED) is 0.619. The molecule has 1 heterocycles. The maximum atomic E-state index is 12.8. The first-order chi connectivity index (χ1) is 14.1. The van der Waals surface area contributed by atoms with Gasteiger partial charge in [-0.25, -0.2) is 8.42 Å². The number of sulfonamides is 1. The van der Waals surface area contributed by atoms with Gasteiger partial charge in [-0.15, -0.1) is 0 Å². The van der Waals surface area contributed by atoms with Crippen molar-refractivity contribution in [3.8, 4) is 0 Å². The van der Waals surface area contributed by atoms with E-state index in [1.807, 2.05) is 0 Å². The van der Waals surface area contributed by atoms with Crippen molar-refractivity contribution in [2.75, 3.05) is 10.0 Å². The van der Waals surface area contributed by atoms with Gasteiger partial charge in [-0.3, -0.25) is 14.5 Å². The van der Waals surface area contributed by atoms with Crippen molar-refractivity contribution in [2.45, 2.75) is 18.0 Å². The van der Waals surface area contributed by atoms with Gasteiger partial charge in [-0.05, 0) is 61.0 Å². The van der Waals surface area contributed by atoms with Gasteiger partial charge < -0.3 is 5.32 Å². The average molecular weight is 435 g/mol. The molecule has 1 aromatic heterocycles. The number of nitrogens with one attached hydrogen (secondary N) is 2. The minimum atomic E-state index is -4.59. The van der Waals surface area contributed by atoms with Gasteiger partial charge in [0, 0.05) is 29.3 Å². The summed E-state index contributed by atoms with van der Waals surface area (Å²) in [6.45, 7) is 1.52. The number of carbonyl (C=O) groups excluding carboxylic acids is 1. The Morgan fingerprint density at radius 2 is 1.67 bits per heavy atom. The number of anilines is 2. The second kappa shape index (κ2) is 8.15. The van der Waals surface area contributed by atoms with E-state index in [0.717, 1.165) is 18.2 Å². The number of alkyl halides is 3. The molecule has 0 aliphatic heterocycles. The SMILES string of the molecule is Cc1cc(NC(=O)c2ccncc2)ccc1S(=O)(=O)Nc1cccc(C(F)(F)F)c1. The molecule has 0 aliphatic rings. The molecule has 0 saturated carbocycles. The lowest BCUT2D eigenvalue weighted by Crippen LogP contribution is -2.16. The highest BCUT2D eigenvalue weighted by Crippen LogP contribution is 2.31. The number of carbonyl (C=O) groups is 1. The van der Waals surface area contributed by atoms with Gasteiger partial charge in [0.05, 0.1) is 10.5 Å². The van der Waals surface area contributed by atoms with Crippen molar-refractivity contribution in [3.05, 3.63) is 83.7 Å².